The molecule has 2 aromatic carbocycles. The van der Waals surface area contributed by atoms with Crippen molar-refractivity contribution in [1.29, 1.82) is 0 Å². The molecule has 0 bridgehead atoms. The molecule has 2 aromatic rings. The molecule has 1 fully saturated rings. The summed E-state index contributed by atoms with van der Waals surface area (Å²) in [6, 6.07) is 6.46. The summed E-state index contributed by atoms with van der Waals surface area (Å²) < 4.78 is 7.92. The molecule has 2 aliphatic rings. The number of aliphatic carboxylic acids is 1. The van der Waals surface area contributed by atoms with Crippen LogP contribution in [0.25, 0.3) is 0 Å². The predicted octanol–water partition coefficient (Wildman–Crippen LogP) is 6.31. The third-order valence-electron chi connectivity index (χ3n) is 6.18. The molecule has 1 heterocycles. The van der Waals surface area contributed by atoms with Crippen LogP contribution in [0.1, 0.15) is 42.4 Å². The van der Waals surface area contributed by atoms with E-state index in [9.17, 15) is 14.7 Å². The zero-order valence-corrected chi connectivity index (χ0v) is 22.9. The molecule has 1 saturated carbocycles. The number of benzene rings is 2. The lowest BCUT2D eigenvalue weighted by Gasteiger charge is -2.37. The molecule has 1 unspecified atom stereocenters. The minimum Gasteiger partial charge on any atom is -0.487 e. The largest absolute Gasteiger partial charge is 0.487 e. The van der Waals surface area contributed by atoms with E-state index in [2.05, 4.69) is 45.2 Å². The van der Waals surface area contributed by atoms with E-state index in [0.717, 1.165) is 44.0 Å². The van der Waals surface area contributed by atoms with Gasteiger partial charge in [0.05, 0.1) is 7.14 Å². The van der Waals surface area contributed by atoms with E-state index < -0.39 is 12.0 Å². The molecule has 0 radical (unpaired) electrons. The number of halogens is 4. The number of amides is 1. The highest BCUT2D eigenvalue weighted by Gasteiger charge is 2.39. The number of hydrogen-bond acceptors (Lipinski definition) is 3. The zero-order valence-electron chi connectivity index (χ0n) is 17.0. The molecular formula is C23H21Cl2I2NO4. The molecule has 0 aromatic heterocycles. The first kappa shape index (κ1) is 24.3. The number of carbonyl (C=O) groups excluding carboxylic acids is 1. The number of nitrogens with zero attached hydrogens (tertiary/aromatic N) is 1. The van der Waals surface area contributed by atoms with Gasteiger partial charge in [-0.3, -0.25) is 4.79 Å². The van der Waals surface area contributed by atoms with Gasteiger partial charge in [0, 0.05) is 34.5 Å². The van der Waals surface area contributed by atoms with Gasteiger partial charge < -0.3 is 14.7 Å². The van der Waals surface area contributed by atoms with Gasteiger partial charge in [-0.2, -0.15) is 0 Å². The maximum absolute atomic E-state index is 13.2. The molecule has 9 heteroatoms. The van der Waals surface area contributed by atoms with E-state index in [1.165, 1.54) is 0 Å². The molecule has 0 spiro atoms. The normalized spacial score (nSPS) is 18.5. The first-order chi connectivity index (χ1) is 15.3. The first-order valence-corrected chi connectivity index (χ1v) is 13.3. The van der Waals surface area contributed by atoms with Crippen LogP contribution in [-0.2, 0) is 29.2 Å². The lowest BCUT2D eigenvalue weighted by atomic mass is 9.92. The minimum absolute atomic E-state index is 0.0415. The van der Waals surface area contributed by atoms with E-state index in [-0.39, 0.29) is 25.0 Å². The van der Waals surface area contributed by atoms with Crippen LogP contribution in [0.15, 0.2) is 24.3 Å². The number of carboxylic acids is 1. The highest BCUT2D eigenvalue weighted by molar-refractivity contribution is 14.1. The number of fused-ring (bicyclic) bond motifs is 1. The summed E-state index contributed by atoms with van der Waals surface area (Å²) in [4.78, 5) is 26.7. The Morgan fingerprint density at radius 1 is 1.16 bits per heavy atom. The summed E-state index contributed by atoms with van der Waals surface area (Å²) >= 11 is 17.0. The number of carboxylic acid groups (broad SMARTS) is 1. The van der Waals surface area contributed by atoms with Crippen LogP contribution in [0.3, 0.4) is 0 Å². The molecule has 1 aliphatic carbocycles. The summed E-state index contributed by atoms with van der Waals surface area (Å²) in [5.41, 5.74) is 2.61. The highest BCUT2D eigenvalue weighted by Crippen LogP contribution is 2.39. The quantitative estimate of drug-likeness (QED) is 0.372. The number of rotatable bonds is 5. The molecule has 4 rings (SSSR count). The summed E-state index contributed by atoms with van der Waals surface area (Å²) in [6.45, 7) is 0.492. The van der Waals surface area contributed by atoms with E-state index in [0.29, 0.717) is 27.8 Å². The van der Waals surface area contributed by atoms with Crippen LogP contribution in [0, 0.1) is 13.1 Å². The van der Waals surface area contributed by atoms with Gasteiger partial charge in [-0.1, -0.05) is 42.1 Å². The van der Waals surface area contributed by atoms with Crippen LogP contribution in [-0.4, -0.2) is 27.9 Å². The van der Waals surface area contributed by atoms with E-state index in [4.69, 9.17) is 27.9 Å². The Labute approximate surface area is 224 Å². The zero-order chi connectivity index (χ0) is 23.0. The van der Waals surface area contributed by atoms with E-state index in [1.54, 1.807) is 23.1 Å². The Balaban J connectivity index is 1.64. The van der Waals surface area contributed by atoms with Gasteiger partial charge in [0.15, 0.2) is 0 Å². The fraction of sp³-hybridized carbons (Fsp3) is 0.391. The van der Waals surface area contributed by atoms with Crippen LogP contribution in [0.2, 0.25) is 10.0 Å². The van der Waals surface area contributed by atoms with Crippen LogP contribution in [0.4, 0.5) is 0 Å². The van der Waals surface area contributed by atoms with Gasteiger partial charge in [-0.25, -0.2) is 4.79 Å². The molecule has 1 amide bonds. The Hall–Kier alpha value is -0.780. The molecule has 1 atom stereocenters. The topological polar surface area (TPSA) is 66.8 Å². The highest BCUT2D eigenvalue weighted by atomic mass is 127. The SMILES string of the molecule is O=C(O)C1Cc2cc(I)c(OCc3c(Cl)cccc3Cl)c(I)c2CN1C(=O)C1CCCC1. The number of ether oxygens (including phenoxy) is 1. The van der Waals surface area contributed by atoms with Crippen molar-refractivity contribution in [1.82, 2.24) is 4.90 Å². The van der Waals surface area contributed by atoms with Crippen LogP contribution >= 0.6 is 68.4 Å². The van der Waals surface area contributed by atoms with Crippen molar-refractivity contribution in [3.8, 4) is 5.75 Å². The lowest BCUT2D eigenvalue weighted by molar-refractivity contribution is -0.153. The molecular weight excluding hydrogens is 679 g/mol. The minimum atomic E-state index is -0.958. The summed E-state index contributed by atoms with van der Waals surface area (Å²) in [5, 5.41) is 10.9. The molecule has 5 nitrogen and oxygen atoms in total. The summed E-state index contributed by atoms with van der Waals surface area (Å²) in [7, 11) is 0. The van der Waals surface area contributed by atoms with Gasteiger partial charge in [-0.15, -0.1) is 0 Å². The van der Waals surface area contributed by atoms with Gasteiger partial charge in [0.1, 0.15) is 18.4 Å². The van der Waals surface area contributed by atoms with Crippen molar-refractivity contribution in [2.75, 3.05) is 0 Å². The average molecular weight is 700 g/mol. The van der Waals surface area contributed by atoms with Crippen LogP contribution < -0.4 is 4.74 Å². The number of hydrogen-bond donors (Lipinski definition) is 1. The van der Waals surface area contributed by atoms with Crippen molar-refractivity contribution < 1.29 is 19.4 Å². The molecule has 1 N–H and O–H groups in total. The molecule has 0 saturated heterocycles. The van der Waals surface area contributed by atoms with E-state index in [1.807, 2.05) is 6.07 Å². The van der Waals surface area contributed by atoms with Crippen molar-refractivity contribution in [3.63, 3.8) is 0 Å². The van der Waals surface area contributed by atoms with Crippen LogP contribution in [0.5, 0.6) is 5.75 Å². The molecule has 1 aliphatic heterocycles. The fourth-order valence-corrected chi connectivity index (χ4v) is 7.23. The first-order valence-electron chi connectivity index (χ1n) is 10.4. The maximum atomic E-state index is 13.2. The third kappa shape index (κ3) is 4.86. The second-order valence-corrected chi connectivity index (χ2v) is 11.2. The van der Waals surface area contributed by atoms with Crippen molar-refractivity contribution in [2.24, 2.45) is 5.92 Å². The maximum Gasteiger partial charge on any atom is 0.326 e. The monoisotopic (exact) mass is 699 g/mol. The Kier molecular flexibility index (Phi) is 7.78. The standard InChI is InChI=1S/C23H21Cl2I2NO4/c24-16-6-3-7-17(25)15(16)11-32-21-18(26)8-13-9-19(23(30)31)28(10-14(13)20(21)27)22(29)12-4-1-2-5-12/h3,6-8,12,19H,1-2,4-5,9-11H2,(H,30,31). The lowest BCUT2D eigenvalue weighted by Crippen LogP contribution is -2.50. The van der Waals surface area contributed by atoms with Gasteiger partial charge in [0.2, 0.25) is 5.91 Å². The van der Waals surface area contributed by atoms with Crippen molar-refractivity contribution >= 4 is 80.3 Å². The van der Waals surface area contributed by atoms with E-state index >= 15 is 0 Å². The summed E-state index contributed by atoms with van der Waals surface area (Å²) in [6.07, 6.45) is 4.02. The van der Waals surface area contributed by atoms with Gasteiger partial charge in [0.25, 0.3) is 0 Å². The Morgan fingerprint density at radius 2 is 1.81 bits per heavy atom. The Bertz CT molecular complexity index is 1050. The van der Waals surface area contributed by atoms with Crippen molar-refractivity contribution in [2.45, 2.75) is 51.3 Å². The van der Waals surface area contributed by atoms with Gasteiger partial charge in [-0.05, 0) is 87.3 Å². The van der Waals surface area contributed by atoms with Gasteiger partial charge >= 0.3 is 5.97 Å². The third-order valence-corrected chi connectivity index (χ3v) is 8.83. The fourth-order valence-electron chi connectivity index (χ4n) is 4.45. The average Bonchev–Trinajstić information content (AvgIpc) is 3.29. The summed E-state index contributed by atoms with van der Waals surface area (Å²) in [5.74, 6) is -0.373. The molecule has 32 heavy (non-hydrogen) atoms. The Morgan fingerprint density at radius 3 is 2.44 bits per heavy atom. The predicted molar refractivity (Wildman–Crippen MR) is 140 cm³/mol. The van der Waals surface area contributed by atoms with Crippen molar-refractivity contribution in [3.05, 3.63) is 58.1 Å². The smallest absolute Gasteiger partial charge is 0.326 e. The second-order valence-electron chi connectivity index (χ2n) is 8.13. The number of carbonyl (C=O) groups is 2. The second kappa shape index (κ2) is 10.2. The molecule has 170 valence electrons.